The number of anilines is 7. The Morgan fingerprint density at radius 1 is 0.649 bits per heavy atom. The summed E-state index contributed by atoms with van der Waals surface area (Å²) < 4.78 is 0. The molecule has 0 saturated carbocycles. The molecule has 0 radical (unpaired) electrons. The maximum absolute atomic E-state index is 4.48. The third-order valence-electron chi connectivity index (χ3n) is 10.1. The van der Waals surface area contributed by atoms with Gasteiger partial charge in [-0.3, -0.25) is 0 Å². The predicted octanol–water partition coefficient (Wildman–Crippen LogP) is 15.0. The summed E-state index contributed by atoms with van der Waals surface area (Å²) in [5.74, 6) is 0. The van der Waals surface area contributed by atoms with Crippen molar-refractivity contribution in [1.29, 1.82) is 0 Å². The molecule has 4 aromatic rings. The molecule has 288 valence electrons. The topological polar surface area (TPSA) is 13.0 Å². The number of nitrogens with zero attached hydrogens (tertiary/aromatic N) is 4. The Bertz CT molecular complexity index is 2260. The van der Waals surface area contributed by atoms with Crippen LogP contribution in [0.15, 0.2) is 218 Å². The van der Waals surface area contributed by atoms with Crippen molar-refractivity contribution in [3.63, 3.8) is 0 Å². The molecule has 6 rings (SSSR count). The van der Waals surface area contributed by atoms with Gasteiger partial charge in [-0.05, 0) is 163 Å². The number of hydrogen-bond donors (Lipinski definition) is 0. The van der Waals surface area contributed by atoms with Gasteiger partial charge >= 0.3 is 0 Å². The van der Waals surface area contributed by atoms with E-state index < -0.39 is 0 Å². The highest BCUT2D eigenvalue weighted by molar-refractivity contribution is 5.81. The quantitative estimate of drug-likeness (QED) is 0.112. The van der Waals surface area contributed by atoms with Crippen molar-refractivity contribution in [2.24, 2.45) is 0 Å². The summed E-state index contributed by atoms with van der Waals surface area (Å²) in [7, 11) is 0. The van der Waals surface area contributed by atoms with E-state index in [0.29, 0.717) is 0 Å². The van der Waals surface area contributed by atoms with Crippen LogP contribution in [0.2, 0.25) is 0 Å². The lowest BCUT2D eigenvalue weighted by Gasteiger charge is -2.33. The van der Waals surface area contributed by atoms with Crippen LogP contribution in [0.1, 0.15) is 52.5 Å². The monoisotopic (exact) mass is 748 g/mol. The van der Waals surface area contributed by atoms with Crippen molar-refractivity contribution >= 4 is 39.8 Å². The number of hydrogen-bond acceptors (Lipinski definition) is 4. The predicted molar refractivity (Wildman–Crippen MR) is 249 cm³/mol. The van der Waals surface area contributed by atoms with Crippen molar-refractivity contribution < 1.29 is 0 Å². The van der Waals surface area contributed by atoms with E-state index in [0.717, 1.165) is 76.2 Å². The molecule has 0 fully saturated rings. The fourth-order valence-electron chi connectivity index (χ4n) is 7.41. The zero-order valence-electron chi connectivity index (χ0n) is 34.2. The Morgan fingerprint density at radius 3 is 1.81 bits per heavy atom. The van der Waals surface area contributed by atoms with E-state index in [1.54, 1.807) is 0 Å². The van der Waals surface area contributed by atoms with Crippen LogP contribution in [0, 0.1) is 6.92 Å². The van der Waals surface area contributed by atoms with Crippen LogP contribution in [0.3, 0.4) is 0 Å². The fourth-order valence-corrected chi connectivity index (χ4v) is 7.41. The van der Waals surface area contributed by atoms with Crippen molar-refractivity contribution in [3.05, 3.63) is 224 Å². The highest BCUT2D eigenvalue weighted by atomic mass is 15.2. The van der Waals surface area contributed by atoms with Gasteiger partial charge in [0.05, 0.1) is 6.04 Å². The van der Waals surface area contributed by atoms with Crippen LogP contribution in [-0.4, -0.2) is 6.04 Å². The largest absolute Gasteiger partial charge is 0.335 e. The summed E-state index contributed by atoms with van der Waals surface area (Å²) >= 11 is 0. The third-order valence-corrected chi connectivity index (χ3v) is 10.1. The van der Waals surface area contributed by atoms with E-state index in [1.807, 2.05) is 39.0 Å². The molecule has 4 heteroatoms. The highest BCUT2D eigenvalue weighted by Crippen LogP contribution is 2.40. The standard InChI is InChI=1S/C53H56N4/c1-8-10-14-22-44(7)55(45-23-15-12-16-24-45)48-30-34-50(35-31-48)56(49-32-28-47(29-33-49)54(41(3)4)43(6)21-11-9-2)51-36-38-52(39-37-51)57(46-25-17-13-18-26-46)53-27-19-20-42(5)40-53/h8-12,14-17,19-23,25-40,45H,3,7,13,18,24H2,1-2,4-6H3/b10-8+,11-9-,22-14-,43-21+. The second-order valence-corrected chi connectivity index (χ2v) is 14.4. The van der Waals surface area contributed by atoms with Crippen molar-refractivity contribution in [3.8, 4) is 0 Å². The number of benzene rings is 4. The minimum absolute atomic E-state index is 0.173. The number of allylic oxidation sites excluding steroid dienone is 14. The summed E-state index contributed by atoms with van der Waals surface area (Å²) in [6.45, 7) is 19.1. The lowest BCUT2D eigenvalue weighted by atomic mass is 10.0. The molecule has 0 aromatic heterocycles. The molecule has 1 atom stereocenters. The maximum Gasteiger partial charge on any atom is 0.0559 e. The minimum atomic E-state index is 0.173. The molecule has 0 bridgehead atoms. The Kier molecular flexibility index (Phi) is 13.6. The van der Waals surface area contributed by atoms with Gasteiger partial charge in [0, 0.05) is 62.6 Å². The van der Waals surface area contributed by atoms with Crippen molar-refractivity contribution in [1.82, 2.24) is 0 Å². The van der Waals surface area contributed by atoms with Gasteiger partial charge in [0.15, 0.2) is 0 Å². The SMILES string of the molecule is C=C(C)N(/C(C)=C/C=C\C)c1ccc(N(c2ccc(N(C3=CCCC=C3)c3cccc(C)c3)cc2)c2ccc(N(C(=C)/C=C\C=C\C)C3C=CC=CC3)cc2)cc1. The van der Waals surface area contributed by atoms with Crippen molar-refractivity contribution in [2.75, 3.05) is 19.6 Å². The summed E-state index contributed by atoms with van der Waals surface area (Å²) in [6.07, 6.45) is 33.0. The lowest BCUT2D eigenvalue weighted by molar-refractivity contribution is 0.764. The molecule has 4 nitrogen and oxygen atoms in total. The van der Waals surface area contributed by atoms with E-state index in [1.165, 1.54) is 11.3 Å². The van der Waals surface area contributed by atoms with Gasteiger partial charge in [-0.1, -0.05) is 92.1 Å². The fraction of sp³-hybridized carbons (Fsp3) is 0.170. The molecule has 0 aliphatic heterocycles. The second-order valence-electron chi connectivity index (χ2n) is 14.4. The first-order valence-electron chi connectivity index (χ1n) is 20.0. The van der Waals surface area contributed by atoms with E-state index in [4.69, 9.17) is 0 Å². The second kappa shape index (κ2) is 19.4. The molecular weight excluding hydrogens is 693 g/mol. The summed E-state index contributed by atoms with van der Waals surface area (Å²) in [5.41, 5.74) is 13.0. The average molecular weight is 749 g/mol. The van der Waals surface area contributed by atoms with E-state index in [2.05, 4.69) is 211 Å². The molecular formula is C53H56N4. The van der Waals surface area contributed by atoms with Gasteiger partial charge in [-0.2, -0.15) is 0 Å². The van der Waals surface area contributed by atoms with Gasteiger partial charge in [-0.25, -0.2) is 0 Å². The number of rotatable bonds is 15. The molecule has 0 saturated heterocycles. The Balaban J connectivity index is 1.42. The molecule has 1 unspecified atom stereocenters. The first kappa shape index (κ1) is 40.2. The maximum atomic E-state index is 4.48. The van der Waals surface area contributed by atoms with Crippen LogP contribution in [0.25, 0.3) is 0 Å². The van der Waals surface area contributed by atoms with Gasteiger partial charge < -0.3 is 19.6 Å². The van der Waals surface area contributed by atoms with E-state index >= 15 is 0 Å². The van der Waals surface area contributed by atoms with Crippen LogP contribution in [0.5, 0.6) is 0 Å². The van der Waals surface area contributed by atoms with E-state index in [-0.39, 0.29) is 6.04 Å². The summed E-state index contributed by atoms with van der Waals surface area (Å²) in [4.78, 5) is 9.20. The lowest BCUT2D eigenvalue weighted by Crippen LogP contribution is -2.32. The normalized spacial score (nSPS) is 15.4. The zero-order chi connectivity index (χ0) is 40.1. The summed E-state index contributed by atoms with van der Waals surface area (Å²) in [5, 5.41) is 0. The van der Waals surface area contributed by atoms with Crippen LogP contribution >= 0.6 is 0 Å². The molecule has 2 aliphatic carbocycles. The van der Waals surface area contributed by atoms with Crippen LogP contribution < -0.4 is 19.6 Å². The first-order chi connectivity index (χ1) is 27.8. The average Bonchev–Trinajstić information content (AvgIpc) is 3.23. The van der Waals surface area contributed by atoms with Gasteiger partial charge in [0.1, 0.15) is 0 Å². The molecule has 57 heavy (non-hydrogen) atoms. The van der Waals surface area contributed by atoms with Crippen molar-refractivity contribution in [2.45, 2.75) is 59.9 Å². The Labute approximate surface area is 341 Å². The zero-order valence-corrected chi connectivity index (χ0v) is 34.2. The molecule has 0 amide bonds. The molecule has 2 aliphatic rings. The van der Waals surface area contributed by atoms with Gasteiger partial charge in [-0.15, -0.1) is 0 Å². The van der Waals surface area contributed by atoms with E-state index in [9.17, 15) is 0 Å². The highest BCUT2D eigenvalue weighted by Gasteiger charge is 2.21. The Morgan fingerprint density at radius 2 is 1.26 bits per heavy atom. The Hall–Kier alpha value is -6.52. The first-order valence-corrected chi connectivity index (χ1v) is 20.0. The molecule has 4 aromatic carbocycles. The molecule has 0 N–H and O–H groups in total. The third kappa shape index (κ3) is 9.84. The smallest absolute Gasteiger partial charge is 0.0559 e. The summed E-state index contributed by atoms with van der Waals surface area (Å²) in [6, 6.07) is 35.5. The van der Waals surface area contributed by atoms with Gasteiger partial charge in [0.2, 0.25) is 0 Å². The van der Waals surface area contributed by atoms with Crippen LogP contribution in [-0.2, 0) is 0 Å². The molecule has 0 spiro atoms. The van der Waals surface area contributed by atoms with Gasteiger partial charge in [0.25, 0.3) is 0 Å². The van der Waals surface area contributed by atoms with Crippen LogP contribution in [0.4, 0.5) is 39.8 Å². The minimum Gasteiger partial charge on any atom is -0.335 e. The number of aryl methyl sites for hydroxylation is 1. The molecule has 0 heterocycles.